The first kappa shape index (κ1) is 19.1. The molecular weight excluding hydrogens is 295 g/mol. The third-order valence-electron chi connectivity index (χ3n) is 3.77. The minimum absolute atomic E-state index is 0.359. The number of para-hydroxylation sites is 1. The van der Waals surface area contributed by atoms with Crippen molar-refractivity contribution in [3.63, 3.8) is 0 Å². The molecule has 0 N–H and O–H groups in total. The van der Waals surface area contributed by atoms with Gasteiger partial charge in [-0.15, -0.1) is 0 Å². The third-order valence-corrected chi connectivity index (χ3v) is 4.18. The predicted molar refractivity (Wildman–Crippen MR) is 94.0 cm³/mol. The molecule has 22 heavy (non-hydrogen) atoms. The third kappa shape index (κ3) is 7.38. The molecular formula is C18H29O3P. The van der Waals surface area contributed by atoms with E-state index in [1.165, 1.54) is 38.5 Å². The maximum Gasteiger partial charge on any atom is 0.340 e. The molecule has 0 aliphatic carbocycles. The van der Waals surface area contributed by atoms with E-state index in [1.807, 2.05) is 24.3 Å². The highest BCUT2D eigenvalue weighted by Crippen LogP contribution is 2.22. The summed E-state index contributed by atoms with van der Waals surface area (Å²) < 4.78 is 10.3. The van der Waals surface area contributed by atoms with E-state index in [1.54, 1.807) is 6.92 Å². The normalized spacial score (nSPS) is 12.1. The smallest absolute Gasteiger partial charge is 0.340 e. The average Bonchev–Trinajstić information content (AvgIpc) is 2.54. The lowest BCUT2D eigenvalue weighted by atomic mass is 10.0. The summed E-state index contributed by atoms with van der Waals surface area (Å²) in [6, 6.07) is 7.77. The summed E-state index contributed by atoms with van der Waals surface area (Å²) in [7, 11) is 2.09. The molecule has 0 saturated carbocycles. The molecule has 2 atom stereocenters. The minimum atomic E-state index is -0.573. The highest BCUT2D eigenvalue weighted by atomic mass is 31.0. The van der Waals surface area contributed by atoms with Gasteiger partial charge in [0.2, 0.25) is 0 Å². The molecule has 0 fully saturated rings. The van der Waals surface area contributed by atoms with Crippen LogP contribution in [0.25, 0.3) is 0 Å². The highest BCUT2D eigenvalue weighted by Gasteiger charge is 2.15. The van der Waals surface area contributed by atoms with Gasteiger partial charge in [0.25, 0.3) is 0 Å². The second-order valence-corrected chi connectivity index (χ2v) is 5.95. The lowest BCUT2D eigenvalue weighted by Crippen LogP contribution is -2.23. The number of carbonyl (C=O) groups excluding carboxylic acids is 1. The highest BCUT2D eigenvalue weighted by molar-refractivity contribution is 7.09. The number of rotatable bonds is 11. The van der Waals surface area contributed by atoms with Crippen molar-refractivity contribution < 1.29 is 14.1 Å². The Morgan fingerprint density at radius 1 is 1.09 bits per heavy atom. The molecule has 124 valence electrons. The fourth-order valence-electron chi connectivity index (χ4n) is 2.33. The average molecular weight is 324 g/mol. The van der Waals surface area contributed by atoms with Gasteiger partial charge in [-0.05, 0) is 31.4 Å². The van der Waals surface area contributed by atoms with Crippen molar-refractivity contribution in [2.45, 2.75) is 71.3 Å². The summed E-state index contributed by atoms with van der Waals surface area (Å²) in [5.41, 5.74) is 1.10. The number of hydrogen-bond donors (Lipinski definition) is 0. The van der Waals surface area contributed by atoms with Gasteiger partial charge >= 0.3 is 5.97 Å². The number of hydrogen-bond acceptors (Lipinski definition) is 3. The second-order valence-electron chi connectivity index (χ2n) is 5.68. The van der Waals surface area contributed by atoms with Gasteiger partial charge in [-0.1, -0.05) is 63.6 Å². The fourth-order valence-corrected chi connectivity index (χ4v) is 2.44. The molecule has 0 spiro atoms. The molecule has 0 bridgehead atoms. The second kappa shape index (κ2) is 11.6. The van der Waals surface area contributed by atoms with E-state index in [0.717, 1.165) is 18.4 Å². The van der Waals surface area contributed by atoms with E-state index in [2.05, 4.69) is 16.4 Å². The first-order valence-corrected chi connectivity index (χ1v) is 8.81. The molecule has 3 nitrogen and oxygen atoms in total. The van der Waals surface area contributed by atoms with Crippen molar-refractivity contribution in [2.75, 3.05) is 0 Å². The molecule has 0 aliphatic rings. The lowest BCUT2D eigenvalue weighted by molar-refractivity contribution is -0.140. The van der Waals surface area contributed by atoms with Crippen LogP contribution in [0.3, 0.4) is 0 Å². The SMILES string of the molecule is CCCCCCCCCc1ccccc1OC(=O)C(C)OP. The zero-order valence-electron chi connectivity index (χ0n) is 13.8. The molecule has 0 aromatic heterocycles. The number of ether oxygens (including phenoxy) is 1. The van der Waals surface area contributed by atoms with Crippen LogP contribution < -0.4 is 4.74 Å². The minimum Gasteiger partial charge on any atom is -0.424 e. The van der Waals surface area contributed by atoms with Crippen LogP contribution in [-0.4, -0.2) is 12.1 Å². The Morgan fingerprint density at radius 2 is 1.73 bits per heavy atom. The molecule has 4 heteroatoms. The number of carbonyl (C=O) groups is 1. The van der Waals surface area contributed by atoms with Gasteiger partial charge < -0.3 is 9.26 Å². The largest absolute Gasteiger partial charge is 0.424 e. The van der Waals surface area contributed by atoms with Crippen molar-refractivity contribution in [3.05, 3.63) is 29.8 Å². The van der Waals surface area contributed by atoms with Gasteiger partial charge in [0.15, 0.2) is 6.10 Å². The van der Waals surface area contributed by atoms with Crippen LogP contribution in [0.4, 0.5) is 0 Å². The molecule has 0 amide bonds. The molecule has 0 radical (unpaired) electrons. The van der Waals surface area contributed by atoms with Crippen molar-refractivity contribution in [1.29, 1.82) is 0 Å². The molecule has 1 rings (SSSR count). The van der Waals surface area contributed by atoms with Crippen LogP contribution in [0.5, 0.6) is 5.75 Å². The van der Waals surface area contributed by atoms with Crippen molar-refractivity contribution in [2.24, 2.45) is 0 Å². The summed E-state index contributed by atoms with van der Waals surface area (Å²) in [4.78, 5) is 11.8. The van der Waals surface area contributed by atoms with Crippen molar-refractivity contribution in [1.82, 2.24) is 0 Å². The Labute approximate surface area is 137 Å². The van der Waals surface area contributed by atoms with Gasteiger partial charge in [0, 0.05) is 9.47 Å². The maximum atomic E-state index is 11.8. The van der Waals surface area contributed by atoms with Crippen LogP contribution in [-0.2, 0) is 15.7 Å². The topological polar surface area (TPSA) is 35.5 Å². The first-order chi connectivity index (χ1) is 10.7. The van der Waals surface area contributed by atoms with E-state index in [-0.39, 0.29) is 5.97 Å². The van der Waals surface area contributed by atoms with Crippen molar-refractivity contribution >= 4 is 15.4 Å². The summed E-state index contributed by atoms with van der Waals surface area (Å²) in [6.45, 7) is 3.91. The van der Waals surface area contributed by atoms with Crippen LogP contribution in [0.15, 0.2) is 24.3 Å². The van der Waals surface area contributed by atoms with E-state index in [4.69, 9.17) is 9.26 Å². The summed E-state index contributed by atoms with van der Waals surface area (Å²) in [5.74, 6) is 0.300. The molecule has 0 aliphatic heterocycles. The number of esters is 1. The number of benzene rings is 1. The lowest BCUT2D eigenvalue weighted by Gasteiger charge is -2.12. The zero-order chi connectivity index (χ0) is 16.2. The Kier molecular flexibility index (Phi) is 10.1. The van der Waals surface area contributed by atoms with Gasteiger partial charge in [-0.2, -0.15) is 0 Å². The van der Waals surface area contributed by atoms with E-state index in [0.29, 0.717) is 5.75 Å². The molecule has 0 saturated heterocycles. The van der Waals surface area contributed by atoms with Crippen molar-refractivity contribution in [3.8, 4) is 5.75 Å². The van der Waals surface area contributed by atoms with Gasteiger partial charge in [0.1, 0.15) is 5.75 Å². The summed E-state index contributed by atoms with van der Waals surface area (Å²) in [5, 5.41) is 0. The molecule has 1 aromatic rings. The van der Waals surface area contributed by atoms with Crippen LogP contribution in [0, 0.1) is 0 Å². The summed E-state index contributed by atoms with van der Waals surface area (Å²) >= 11 is 0. The Morgan fingerprint density at radius 3 is 2.41 bits per heavy atom. The number of aryl methyl sites for hydroxylation is 1. The molecule has 1 aromatic carbocycles. The van der Waals surface area contributed by atoms with E-state index in [9.17, 15) is 4.79 Å². The van der Waals surface area contributed by atoms with Gasteiger partial charge in [-0.25, -0.2) is 4.79 Å². The standard InChI is InChI=1S/C18H29O3P/c1-3-4-5-6-7-8-9-12-16-13-10-11-14-17(16)20-18(19)15(2)21-22/h10-11,13-15H,3-9,12,22H2,1-2H3. The van der Waals surface area contributed by atoms with Crippen LogP contribution in [0.1, 0.15) is 64.4 Å². The van der Waals surface area contributed by atoms with E-state index >= 15 is 0 Å². The Balaban J connectivity index is 2.39. The first-order valence-electron chi connectivity index (χ1n) is 8.34. The fraction of sp³-hybridized carbons (Fsp3) is 0.611. The van der Waals surface area contributed by atoms with Crippen LogP contribution >= 0.6 is 9.47 Å². The van der Waals surface area contributed by atoms with Gasteiger partial charge in [-0.3, -0.25) is 0 Å². The quantitative estimate of drug-likeness (QED) is 0.246. The van der Waals surface area contributed by atoms with Crippen LogP contribution in [0.2, 0.25) is 0 Å². The molecule has 2 unspecified atom stereocenters. The van der Waals surface area contributed by atoms with E-state index < -0.39 is 6.10 Å². The monoisotopic (exact) mass is 324 g/mol. The number of unbranched alkanes of at least 4 members (excludes halogenated alkanes) is 6. The zero-order valence-corrected chi connectivity index (χ0v) is 15.0. The molecule has 0 heterocycles. The summed E-state index contributed by atoms with van der Waals surface area (Å²) in [6.07, 6.45) is 9.34. The Bertz CT molecular complexity index is 434. The predicted octanol–water partition coefficient (Wildman–Crippen LogP) is 5.08. The Hall–Kier alpha value is -0.920. The maximum absolute atomic E-state index is 11.8. The van der Waals surface area contributed by atoms with Gasteiger partial charge in [0.05, 0.1) is 0 Å².